The van der Waals surface area contributed by atoms with Gasteiger partial charge in [-0.2, -0.15) is 5.26 Å². The van der Waals surface area contributed by atoms with Crippen LogP contribution in [0.15, 0.2) is 84.5 Å². The van der Waals surface area contributed by atoms with Crippen LogP contribution in [0.4, 0.5) is 0 Å². The van der Waals surface area contributed by atoms with Crippen LogP contribution in [-0.4, -0.2) is 0 Å². The monoisotopic (exact) mass is 257 g/mol. The van der Waals surface area contributed by atoms with E-state index in [0.29, 0.717) is 0 Å². The number of rotatable bonds is 4. The van der Waals surface area contributed by atoms with Crippen molar-refractivity contribution in [1.29, 1.82) is 5.26 Å². The minimum absolute atomic E-state index is 0.875. The molecule has 0 bridgehead atoms. The van der Waals surface area contributed by atoms with Crippen molar-refractivity contribution in [1.82, 2.24) is 0 Å². The molecule has 2 aromatic carbocycles. The Labute approximate surface area is 119 Å². The lowest BCUT2D eigenvalue weighted by atomic mass is 10.1. The largest absolute Gasteiger partial charge is 0.193 e. The van der Waals surface area contributed by atoms with Crippen molar-refractivity contribution in [3.8, 4) is 6.07 Å². The van der Waals surface area contributed by atoms with E-state index in [0.717, 1.165) is 16.7 Å². The van der Waals surface area contributed by atoms with Crippen molar-refractivity contribution in [2.24, 2.45) is 0 Å². The molecule has 0 saturated heterocycles. The van der Waals surface area contributed by atoms with E-state index in [1.165, 1.54) is 0 Å². The first-order valence-corrected chi connectivity index (χ1v) is 6.44. The first-order valence-electron chi connectivity index (χ1n) is 6.44. The molecule has 0 aromatic heterocycles. The fraction of sp³-hybridized carbons (Fsp3) is 0. The molecule has 0 aliphatic rings. The van der Waals surface area contributed by atoms with E-state index in [4.69, 9.17) is 5.26 Å². The third-order valence-corrected chi connectivity index (χ3v) is 2.77. The lowest BCUT2D eigenvalue weighted by Gasteiger charge is -1.94. The van der Waals surface area contributed by atoms with Gasteiger partial charge in [0.1, 0.15) is 0 Å². The zero-order valence-electron chi connectivity index (χ0n) is 11.1. The minimum atomic E-state index is 0.875. The number of benzene rings is 2. The molecular weight excluding hydrogens is 242 g/mol. The maximum Gasteiger partial charge on any atom is 0.0918 e. The standard InChI is InChI=1S/C19H15N/c20-16-15-19(13-11-17-7-3-1-4-8-17)14-12-18-9-5-2-6-10-18/h1-15H. The van der Waals surface area contributed by atoms with Gasteiger partial charge >= 0.3 is 0 Å². The molecule has 2 aromatic rings. The number of hydrogen-bond donors (Lipinski definition) is 0. The lowest BCUT2D eigenvalue weighted by molar-refractivity contribution is 1.52. The molecular formula is C19H15N. The topological polar surface area (TPSA) is 23.8 Å². The van der Waals surface area contributed by atoms with Crippen molar-refractivity contribution in [2.45, 2.75) is 0 Å². The molecule has 0 N–H and O–H groups in total. The molecule has 1 heteroatoms. The summed E-state index contributed by atoms with van der Waals surface area (Å²) in [5, 5.41) is 8.84. The van der Waals surface area contributed by atoms with Crippen molar-refractivity contribution in [3.63, 3.8) is 0 Å². The lowest BCUT2D eigenvalue weighted by Crippen LogP contribution is -1.74. The van der Waals surface area contributed by atoms with Gasteiger partial charge in [-0.3, -0.25) is 0 Å². The number of allylic oxidation sites excluding steroid dienone is 4. The van der Waals surface area contributed by atoms with Crippen LogP contribution in [0.1, 0.15) is 11.1 Å². The molecule has 0 saturated carbocycles. The summed E-state index contributed by atoms with van der Waals surface area (Å²) in [7, 11) is 0. The highest BCUT2D eigenvalue weighted by atomic mass is 14.2. The van der Waals surface area contributed by atoms with Crippen LogP contribution in [0.25, 0.3) is 12.2 Å². The molecule has 0 amide bonds. The van der Waals surface area contributed by atoms with Crippen molar-refractivity contribution < 1.29 is 0 Å². The molecule has 2 rings (SSSR count). The zero-order chi connectivity index (χ0) is 14.0. The number of nitrogens with zero attached hydrogens (tertiary/aromatic N) is 1. The highest BCUT2D eigenvalue weighted by Crippen LogP contribution is 2.09. The molecule has 1 nitrogen and oxygen atoms in total. The summed E-state index contributed by atoms with van der Waals surface area (Å²) in [6.07, 6.45) is 9.42. The van der Waals surface area contributed by atoms with Crippen LogP contribution < -0.4 is 0 Å². The van der Waals surface area contributed by atoms with Crippen molar-refractivity contribution in [2.75, 3.05) is 0 Å². The SMILES string of the molecule is N#CC=C(C=Cc1ccccc1)C=Cc1ccccc1. The van der Waals surface area contributed by atoms with E-state index < -0.39 is 0 Å². The summed E-state index contributed by atoms with van der Waals surface area (Å²) in [6, 6.07) is 22.1. The van der Waals surface area contributed by atoms with Crippen LogP contribution in [0, 0.1) is 11.3 Å². The molecule has 0 aliphatic carbocycles. The Morgan fingerprint density at radius 3 is 1.60 bits per heavy atom. The van der Waals surface area contributed by atoms with Gasteiger partial charge in [0.2, 0.25) is 0 Å². The van der Waals surface area contributed by atoms with Crippen LogP contribution in [0.3, 0.4) is 0 Å². The molecule has 0 spiro atoms. The van der Waals surface area contributed by atoms with E-state index in [1.54, 1.807) is 6.08 Å². The van der Waals surface area contributed by atoms with Gasteiger partial charge in [-0.25, -0.2) is 0 Å². The normalized spacial score (nSPS) is 10.6. The van der Waals surface area contributed by atoms with Gasteiger partial charge in [0.15, 0.2) is 0 Å². The summed E-state index contributed by atoms with van der Waals surface area (Å²) in [4.78, 5) is 0. The minimum Gasteiger partial charge on any atom is -0.193 e. The second-order valence-corrected chi connectivity index (χ2v) is 4.26. The first kappa shape index (κ1) is 13.6. The van der Waals surface area contributed by atoms with Gasteiger partial charge in [-0.1, -0.05) is 85.0 Å². The fourth-order valence-electron chi connectivity index (χ4n) is 1.74. The molecule has 0 atom stereocenters. The predicted octanol–water partition coefficient (Wildman–Crippen LogP) is 4.86. The maximum atomic E-state index is 8.84. The smallest absolute Gasteiger partial charge is 0.0918 e. The van der Waals surface area contributed by atoms with E-state index in [2.05, 4.69) is 6.07 Å². The van der Waals surface area contributed by atoms with E-state index in [-0.39, 0.29) is 0 Å². The Morgan fingerprint density at radius 2 is 1.20 bits per heavy atom. The number of nitriles is 1. The number of hydrogen-bond acceptors (Lipinski definition) is 1. The quantitative estimate of drug-likeness (QED) is 0.566. The summed E-state index contributed by atoms with van der Waals surface area (Å²) in [6.45, 7) is 0. The molecule has 96 valence electrons. The van der Waals surface area contributed by atoms with Gasteiger partial charge in [0.05, 0.1) is 6.07 Å². The summed E-state index contributed by atoms with van der Waals surface area (Å²) in [5.74, 6) is 0. The highest BCUT2D eigenvalue weighted by Gasteiger charge is 1.89. The van der Waals surface area contributed by atoms with E-state index in [9.17, 15) is 0 Å². The third kappa shape index (κ3) is 4.44. The van der Waals surface area contributed by atoms with Crippen LogP contribution >= 0.6 is 0 Å². The summed E-state index contributed by atoms with van der Waals surface area (Å²) < 4.78 is 0. The van der Waals surface area contributed by atoms with Gasteiger partial charge in [0, 0.05) is 6.08 Å². The zero-order valence-corrected chi connectivity index (χ0v) is 11.1. The average molecular weight is 257 g/mol. The van der Waals surface area contributed by atoms with E-state index >= 15 is 0 Å². The third-order valence-electron chi connectivity index (χ3n) is 2.77. The van der Waals surface area contributed by atoms with Gasteiger partial charge in [-0.15, -0.1) is 0 Å². The molecule has 0 unspecified atom stereocenters. The van der Waals surface area contributed by atoms with Crippen LogP contribution in [-0.2, 0) is 0 Å². The van der Waals surface area contributed by atoms with Crippen LogP contribution in [0.2, 0.25) is 0 Å². The Morgan fingerprint density at radius 1 is 0.750 bits per heavy atom. The fourth-order valence-corrected chi connectivity index (χ4v) is 1.74. The summed E-state index contributed by atoms with van der Waals surface area (Å²) in [5.41, 5.74) is 3.11. The molecule has 0 heterocycles. The summed E-state index contributed by atoms with van der Waals surface area (Å²) >= 11 is 0. The van der Waals surface area contributed by atoms with Crippen molar-refractivity contribution >= 4 is 12.2 Å². The second kappa shape index (κ2) is 7.56. The molecule has 20 heavy (non-hydrogen) atoms. The van der Waals surface area contributed by atoms with Crippen LogP contribution in [0.5, 0.6) is 0 Å². The Balaban J connectivity index is 2.13. The van der Waals surface area contributed by atoms with Gasteiger partial charge in [0.25, 0.3) is 0 Å². The molecule has 0 radical (unpaired) electrons. The van der Waals surface area contributed by atoms with E-state index in [1.807, 2.05) is 85.0 Å². The highest BCUT2D eigenvalue weighted by molar-refractivity contribution is 5.60. The second-order valence-electron chi connectivity index (χ2n) is 4.26. The Hall–Kier alpha value is -2.85. The van der Waals surface area contributed by atoms with Crippen molar-refractivity contribution in [3.05, 3.63) is 95.6 Å². The van der Waals surface area contributed by atoms with Gasteiger partial charge in [-0.05, 0) is 16.7 Å². The molecule has 0 fully saturated rings. The first-order chi connectivity index (χ1) is 9.88. The Kier molecular flexibility index (Phi) is 5.13. The predicted molar refractivity (Wildman–Crippen MR) is 84.6 cm³/mol. The molecule has 0 aliphatic heterocycles. The average Bonchev–Trinajstić information content (AvgIpc) is 2.52. The Bertz CT molecular complexity index is 604. The van der Waals surface area contributed by atoms with Gasteiger partial charge < -0.3 is 0 Å². The maximum absolute atomic E-state index is 8.84.